The summed E-state index contributed by atoms with van der Waals surface area (Å²) in [7, 11) is 0. The molecular formula is C16H30O4. The van der Waals surface area contributed by atoms with E-state index in [0.29, 0.717) is 26.1 Å². The Bertz CT molecular complexity index is 322. The van der Waals surface area contributed by atoms with Crippen molar-refractivity contribution in [1.82, 2.24) is 0 Å². The summed E-state index contributed by atoms with van der Waals surface area (Å²) in [5.41, 5.74) is -1.34. The number of hydrogen-bond donors (Lipinski definition) is 0. The van der Waals surface area contributed by atoms with E-state index in [2.05, 4.69) is 0 Å². The normalized spacial score (nSPS) is 14.5. The third-order valence-corrected chi connectivity index (χ3v) is 3.66. The maximum Gasteiger partial charge on any atom is 0.311 e. The van der Waals surface area contributed by atoms with E-state index in [1.165, 1.54) is 0 Å². The van der Waals surface area contributed by atoms with Gasteiger partial charge < -0.3 is 9.47 Å². The summed E-state index contributed by atoms with van der Waals surface area (Å²) in [5.74, 6) is -0.480. The molecule has 4 heteroatoms. The van der Waals surface area contributed by atoms with Crippen LogP contribution < -0.4 is 0 Å². The molecule has 0 saturated heterocycles. The Morgan fingerprint density at radius 2 is 1.55 bits per heavy atom. The van der Waals surface area contributed by atoms with Gasteiger partial charge in [-0.3, -0.25) is 9.59 Å². The van der Waals surface area contributed by atoms with E-state index in [9.17, 15) is 9.59 Å². The lowest BCUT2D eigenvalue weighted by Crippen LogP contribution is -2.38. The van der Waals surface area contributed by atoms with E-state index in [-0.39, 0.29) is 11.9 Å². The van der Waals surface area contributed by atoms with Gasteiger partial charge in [0.05, 0.1) is 24.0 Å². The van der Waals surface area contributed by atoms with Crippen LogP contribution in [0.15, 0.2) is 0 Å². The molecule has 0 aliphatic carbocycles. The number of esters is 2. The van der Waals surface area contributed by atoms with Crippen molar-refractivity contribution in [2.24, 2.45) is 10.8 Å². The van der Waals surface area contributed by atoms with Crippen LogP contribution in [0.4, 0.5) is 0 Å². The van der Waals surface area contributed by atoms with Crippen LogP contribution in [-0.2, 0) is 19.1 Å². The van der Waals surface area contributed by atoms with Gasteiger partial charge in [-0.05, 0) is 47.0 Å². The van der Waals surface area contributed by atoms with Gasteiger partial charge in [0.2, 0.25) is 0 Å². The van der Waals surface area contributed by atoms with E-state index in [4.69, 9.17) is 9.47 Å². The van der Waals surface area contributed by atoms with Crippen molar-refractivity contribution in [2.45, 2.75) is 67.2 Å². The van der Waals surface area contributed by atoms with Gasteiger partial charge in [-0.2, -0.15) is 0 Å². The van der Waals surface area contributed by atoms with E-state index >= 15 is 0 Å². The minimum Gasteiger partial charge on any atom is -0.466 e. The van der Waals surface area contributed by atoms with Crippen LogP contribution >= 0.6 is 0 Å². The lowest BCUT2D eigenvalue weighted by Gasteiger charge is -2.33. The van der Waals surface area contributed by atoms with E-state index in [0.717, 1.165) is 12.8 Å². The molecule has 0 aliphatic rings. The second-order valence-electron chi connectivity index (χ2n) is 6.18. The van der Waals surface area contributed by atoms with E-state index in [1.807, 2.05) is 34.6 Å². The van der Waals surface area contributed by atoms with Gasteiger partial charge >= 0.3 is 11.9 Å². The number of ether oxygens (including phenoxy) is 2. The average Bonchev–Trinajstić information content (AvgIpc) is 2.38. The van der Waals surface area contributed by atoms with Gasteiger partial charge in [-0.15, -0.1) is 0 Å². The van der Waals surface area contributed by atoms with Crippen molar-refractivity contribution in [1.29, 1.82) is 0 Å². The molecule has 0 heterocycles. The molecule has 4 nitrogen and oxygen atoms in total. The Labute approximate surface area is 123 Å². The molecule has 0 aromatic carbocycles. The molecule has 0 aromatic heterocycles. The largest absolute Gasteiger partial charge is 0.466 e. The number of unbranched alkanes of at least 4 members (excludes halogenated alkanes) is 1. The monoisotopic (exact) mass is 286 g/mol. The number of carbonyl (C=O) groups excluding carboxylic acids is 2. The van der Waals surface area contributed by atoms with Gasteiger partial charge in [0.15, 0.2) is 0 Å². The SMILES string of the molecule is CCCCOC(=O)C(C)(C)CC(C)(CC)C(=O)OCC. The maximum atomic E-state index is 12.1. The lowest BCUT2D eigenvalue weighted by molar-refractivity contribution is -0.162. The highest BCUT2D eigenvalue weighted by atomic mass is 16.5. The predicted molar refractivity (Wildman–Crippen MR) is 79.3 cm³/mol. The first-order valence-electron chi connectivity index (χ1n) is 7.58. The van der Waals surface area contributed by atoms with Crippen LogP contribution in [0.1, 0.15) is 67.2 Å². The Kier molecular flexibility index (Phi) is 7.84. The zero-order valence-corrected chi connectivity index (χ0v) is 13.9. The fourth-order valence-electron chi connectivity index (χ4n) is 2.20. The summed E-state index contributed by atoms with van der Waals surface area (Å²) in [6.07, 6.45) is 2.92. The molecule has 0 amide bonds. The summed E-state index contributed by atoms with van der Waals surface area (Å²) >= 11 is 0. The highest BCUT2D eigenvalue weighted by Gasteiger charge is 2.42. The minimum atomic E-state index is -0.689. The van der Waals surface area contributed by atoms with E-state index < -0.39 is 10.8 Å². The summed E-state index contributed by atoms with van der Waals surface area (Å²) in [6.45, 7) is 12.1. The van der Waals surface area contributed by atoms with E-state index in [1.54, 1.807) is 6.92 Å². The third-order valence-electron chi connectivity index (χ3n) is 3.66. The van der Waals surface area contributed by atoms with Crippen LogP contribution in [-0.4, -0.2) is 25.2 Å². The standard InChI is InChI=1S/C16H30O4/c1-7-10-11-20-13(17)15(4,5)12-16(6,8-2)14(18)19-9-3/h7-12H2,1-6H3. The molecule has 0 spiro atoms. The Morgan fingerprint density at radius 1 is 0.950 bits per heavy atom. The number of carbonyl (C=O) groups is 2. The van der Waals surface area contributed by atoms with Gasteiger partial charge in [0, 0.05) is 0 Å². The first-order valence-corrected chi connectivity index (χ1v) is 7.58. The second kappa shape index (κ2) is 8.28. The van der Waals surface area contributed by atoms with Crippen molar-refractivity contribution in [3.63, 3.8) is 0 Å². The molecule has 0 aromatic rings. The van der Waals surface area contributed by atoms with Gasteiger partial charge in [-0.25, -0.2) is 0 Å². The fraction of sp³-hybridized carbons (Fsp3) is 0.875. The molecule has 20 heavy (non-hydrogen) atoms. The van der Waals surface area contributed by atoms with Crippen molar-refractivity contribution in [2.75, 3.05) is 13.2 Å². The molecule has 118 valence electrons. The fourth-order valence-corrected chi connectivity index (χ4v) is 2.20. The first-order chi connectivity index (χ1) is 9.23. The molecule has 0 fully saturated rings. The van der Waals surface area contributed by atoms with Gasteiger partial charge in [-0.1, -0.05) is 20.3 Å². The Hall–Kier alpha value is -1.06. The third kappa shape index (κ3) is 5.51. The van der Waals surface area contributed by atoms with Crippen LogP contribution in [0.2, 0.25) is 0 Å². The predicted octanol–water partition coefficient (Wildman–Crippen LogP) is 3.73. The molecule has 0 saturated carbocycles. The molecule has 1 atom stereocenters. The quantitative estimate of drug-likeness (QED) is 0.479. The minimum absolute atomic E-state index is 0.239. The number of hydrogen-bond acceptors (Lipinski definition) is 4. The van der Waals surface area contributed by atoms with Crippen molar-refractivity contribution < 1.29 is 19.1 Å². The highest BCUT2D eigenvalue weighted by Crippen LogP contribution is 2.38. The topological polar surface area (TPSA) is 52.6 Å². The lowest BCUT2D eigenvalue weighted by atomic mass is 9.72. The Morgan fingerprint density at radius 3 is 2.00 bits per heavy atom. The van der Waals surface area contributed by atoms with Crippen molar-refractivity contribution in [3.8, 4) is 0 Å². The van der Waals surface area contributed by atoms with Crippen LogP contribution in [0.5, 0.6) is 0 Å². The second-order valence-corrected chi connectivity index (χ2v) is 6.18. The molecule has 0 aliphatic heterocycles. The summed E-state index contributed by atoms with van der Waals surface area (Å²) in [5, 5.41) is 0. The molecular weight excluding hydrogens is 256 g/mol. The van der Waals surface area contributed by atoms with Gasteiger partial charge in [0.25, 0.3) is 0 Å². The summed E-state index contributed by atoms with van der Waals surface area (Å²) in [6, 6.07) is 0. The molecule has 0 rings (SSSR count). The van der Waals surface area contributed by atoms with Crippen molar-refractivity contribution >= 4 is 11.9 Å². The molecule has 0 radical (unpaired) electrons. The number of rotatable bonds is 9. The van der Waals surface area contributed by atoms with Crippen LogP contribution in [0.25, 0.3) is 0 Å². The average molecular weight is 286 g/mol. The zero-order chi connectivity index (χ0) is 15.8. The summed E-state index contributed by atoms with van der Waals surface area (Å²) in [4.78, 5) is 24.2. The zero-order valence-electron chi connectivity index (χ0n) is 13.9. The summed E-state index contributed by atoms with van der Waals surface area (Å²) < 4.78 is 10.4. The Balaban J connectivity index is 4.76. The van der Waals surface area contributed by atoms with Gasteiger partial charge in [0.1, 0.15) is 0 Å². The molecule has 0 N–H and O–H groups in total. The maximum absolute atomic E-state index is 12.1. The smallest absolute Gasteiger partial charge is 0.311 e. The molecule has 0 bridgehead atoms. The van der Waals surface area contributed by atoms with Crippen molar-refractivity contribution in [3.05, 3.63) is 0 Å². The van der Waals surface area contributed by atoms with Crippen LogP contribution in [0, 0.1) is 10.8 Å². The molecule has 1 unspecified atom stereocenters. The van der Waals surface area contributed by atoms with Crippen LogP contribution in [0.3, 0.4) is 0 Å². The first kappa shape index (κ1) is 18.9. The highest BCUT2D eigenvalue weighted by molar-refractivity contribution is 5.80.